The molecule has 1 N–H and O–H groups in total. The van der Waals surface area contributed by atoms with Gasteiger partial charge in [0.15, 0.2) is 5.96 Å². The van der Waals surface area contributed by atoms with Gasteiger partial charge in [0.05, 0.1) is 6.10 Å². The zero-order valence-corrected chi connectivity index (χ0v) is 15.5. The summed E-state index contributed by atoms with van der Waals surface area (Å²) >= 11 is 0. The normalized spacial score (nSPS) is 17.4. The fourth-order valence-electron chi connectivity index (χ4n) is 3.10. The van der Waals surface area contributed by atoms with Crippen molar-refractivity contribution in [3.63, 3.8) is 0 Å². The predicted molar refractivity (Wildman–Crippen MR) is 98.3 cm³/mol. The fraction of sp³-hybridized carbons (Fsp3) is 0.632. The molecule has 1 aliphatic heterocycles. The van der Waals surface area contributed by atoms with E-state index in [0.717, 1.165) is 56.5 Å². The number of rotatable bonds is 7. The van der Waals surface area contributed by atoms with Gasteiger partial charge in [0.1, 0.15) is 5.82 Å². The molecule has 5 nitrogen and oxygen atoms in total. The van der Waals surface area contributed by atoms with Crippen LogP contribution in [0.2, 0.25) is 0 Å². The van der Waals surface area contributed by atoms with Crippen LogP contribution in [0.4, 0.5) is 4.39 Å². The molecule has 0 spiro atoms. The van der Waals surface area contributed by atoms with E-state index in [1.165, 1.54) is 12.1 Å². The highest BCUT2D eigenvalue weighted by Gasteiger charge is 2.16. The Morgan fingerprint density at radius 2 is 2.04 bits per heavy atom. The van der Waals surface area contributed by atoms with Crippen LogP contribution in [-0.4, -0.2) is 58.4 Å². The molecule has 0 aromatic heterocycles. The van der Waals surface area contributed by atoms with Crippen LogP contribution in [0.5, 0.6) is 0 Å². The number of hydrogen-bond acceptors (Lipinski definition) is 3. The van der Waals surface area contributed by atoms with E-state index in [1.807, 2.05) is 7.05 Å². The van der Waals surface area contributed by atoms with Crippen molar-refractivity contribution in [2.45, 2.75) is 25.4 Å². The maximum atomic E-state index is 13.1. The topological polar surface area (TPSA) is 46.1 Å². The Morgan fingerprint density at radius 1 is 1.36 bits per heavy atom. The highest BCUT2D eigenvalue weighted by molar-refractivity contribution is 5.79. The number of ether oxygens (including phenoxy) is 2. The van der Waals surface area contributed by atoms with Crippen LogP contribution in [0.25, 0.3) is 0 Å². The standard InChI is InChI=1S/C19H30FN3O2/c1-21-19(23(2)11-8-15-9-12-25-13-10-15)22-14-18(24-3)16-4-6-17(20)7-5-16/h4-7,15,18H,8-14H2,1-3H3,(H,21,22). The maximum absolute atomic E-state index is 13.1. The van der Waals surface area contributed by atoms with Crippen molar-refractivity contribution in [2.24, 2.45) is 10.9 Å². The van der Waals surface area contributed by atoms with Crippen molar-refractivity contribution in [3.05, 3.63) is 35.6 Å². The Kier molecular flexibility index (Phi) is 8.15. The smallest absolute Gasteiger partial charge is 0.193 e. The van der Waals surface area contributed by atoms with E-state index in [0.29, 0.717) is 6.54 Å². The summed E-state index contributed by atoms with van der Waals surface area (Å²) in [5.41, 5.74) is 0.941. The number of guanidine groups is 1. The quantitative estimate of drug-likeness (QED) is 0.606. The third-order valence-corrected chi connectivity index (χ3v) is 4.76. The molecule has 1 saturated heterocycles. The average Bonchev–Trinajstić information content (AvgIpc) is 2.65. The van der Waals surface area contributed by atoms with E-state index >= 15 is 0 Å². The molecule has 1 aliphatic rings. The van der Waals surface area contributed by atoms with Crippen molar-refractivity contribution < 1.29 is 13.9 Å². The van der Waals surface area contributed by atoms with E-state index in [-0.39, 0.29) is 11.9 Å². The molecule has 1 heterocycles. The van der Waals surface area contributed by atoms with E-state index in [1.54, 1.807) is 26.3 Å². The Morgan fingerprint density at radius 3 is 2.64 bits per heavy atom. The number of nitrogens with one attached hydrogen (secondary N) is 1. The van der Waals surface area contributed by atoms with Crippen LogP contribution in [-0.2, 0) is 9.47 Å². The molecule has 1 aromatic rings. The minimum Gasteiger partial charge on any atom is -0.381 e. The molecule has 2 rings (SSSR count). The molecule has 0 bridgehead atoms. The second-order valence-electron chi connectivity index (χ2n) is 6.47. The zero-order valence-electron chi connectivity index (χ0n) is 15.5. The Balaban J connectivity index is 1.82. The minimum absolute atomic E-state index is 0.152. The lowest BCUT2D eigenvalue weighted by Crippen LogP contribution is -2.41. The molecule has 1 fully saturated rings. The lowest BCUT2D eigenvalue weighted by Gasteiger charge is -2.27. The Bertz CT molecular complexity index is 530. The monoisotopic (exact) mass is 351 g/mol. The summed E-state index contributed by atoms with van der Waals surface area (Å²) in [5.74, 6) is 1.34. The molecule has 140 valence electrons. The van der Waals surface area contributed by atoms with Gasteiger partial charge in [0.25, 0.3) is 0 Å². The molecule has 25 heavy (non-hydrogen) atoms. The van der Waals surface area contributed by atoms with E-state index in [2.05, 4.69) is 15.2 Å². The van der Waals surface area contributed by atoms with E-state index < -0.39 is 0 Å². The first-order chi connectivity index (χ1) is 12.1. The highest BCUT2D eigenvalue weighted by atomic mass is 19.1. The van der Waals surface area contributed by atoms with E-state index in [9.17, 15) is 4.39 Å². The SMILES string of the molecule is CN=C(NCC(OC)c1ccc(F)cc1)N(C)CCC1CCOCC1. The number of halogens is 1. The van der Waals surface area contributed by atoms with Crippen LogP contribution >= 0.6 is 0 Å². The first-order valence-electron chi connectivity index (χ1n) is 8.91. The summed E-state index contributed by atoms with van der Waals surface area (Å²) in [7, 11) is 5.49. The second-order valence-corrected chi connectivity index (χ2v) is 6.47. The molecule has 0 aliphatic carbocycles. The lowest BCUT2D eigenvalue weighted by molar-refractivity contribution is 0.0624. The molecule has 1 aromatic carbocycles. The predicted octanol–water partition coefficient (Wildman–Crippen LogP) is 2.84. The van der Waals surface area contributed by atoms with Gasteiger partial charge in [-0.1, -0.05) is 12.1 Å². The van der Waals surface area contributed by atoms with Crippen LogP contribution in [0.3, 0.4) is 0 Å². The average molecular weight is 351 g/mol. The molecule has 6 heteroatoms. The summed E-state index contributed by atoms with van der Waals surface area (Å²) in [6, 6.07) is 6.41. The van der Waals surface area contributed by atoms with Gasteiger partial charge in [-0.2, -0.15) is 0 Å². The summed E-state index contributed by atoms with van der Waals surface area (Å²) < 4.78 is 24.0. The van der Waals surface area contributed by atoms with Crippen molar-refractivity contribution >= 4 is 5.96 Å². The molecular formula is C19H30FN3O2. The van der Waals surface area contributed by atoms with Crippen molar-refractivity contribution in [1.29, 1.82) is 0 Å². The van der Waals surface area contributed by atoms with Gasteiger partial charge in [-0.25, -0.2) is 4.39 Å². The lowest BCUT2D eigenvalue weighted by atomic mass is 9.96. The highest BCUT2D eigenvalue weighted by Crippen LogP contribution is 2.19. The number of benzene rings is 1. The minimum atomic E-state index is -0.241. The van der Waals surface area contributed by atoms with Crippen LogP contribution in [0.1, 0.15) is 30.9 Å². The number of aliphatic imine (C=N–C) groups is 1. The largest absolute Gasteiger partial charge is 0.381 e. The maximum Gasteiger partial charge on any atom is 0.193 e. The second kappa shape index (κ2) is 10.4. The fourth-order valence-corrected chi connectivity index (χ4v) is 3.10. The Labute approximate surface area is 150 Å². The van der Waals surface area contributed by atoms with Crippen LogP contribution < -0.4 is 5.32 Å². The third kappa shape index (κ3) is 6.29. The van der Waals surface area contributed by atoms with Gasteiger partial charge in [0, 0.05) is 47.5 Å². The molecule has 1 unspecified atom stereocenters. The van der Waals surface area contributed by atoms with Crippen molar-refractivity contribution in [1.82, 2.24) is 10.2 Å². The zero-order chi connectivity index (χ0) is 18.1. The van der Waals surface area contributed by atoms with Gasteiger partial charge in [-0.3, -0.25) is 4.99 Å². The summed E-state index contributed by atoms with van der Waals surface area (Å²) in [5, 5.41) is 3.35. The van der Waals surface area contributed by atoms with Crippen molar-refractivity contribution in [2.75, 3.05) is 47.5 Å². The van der Waals surface area contributed by atoms with Crippen molar-refractivity contribution in [3.8, 4) is 0 Å². The number of nitrogens with zero attached hydrogens (tertiary/aromatic N) is 2. The summed E-state index contributed by atoms with van der Waals surface area (Å²) in [4.78, 5) is 6.50. The first kappa shape index (κ1) is 19.7. The summed E-state index contributed by atoms with van der Waals surface area (Å²) in [6.45, 7) is 3.30. The molecular weight excluding hydrogens is 321 g/mol. The first-order valence-corrected chi connectivity index (χ1v) is 8.91. The molecule has 1 atom stereocenters. The number of hydrogen-bond donors (Lipinski definition) is 1. The van der Waals surface area contributed by atoms with Gasteiger partial charge >= 0.3 is 0 Å². The number of methoxy groups -OCH3 is 1. The van der Waals surface area contributed by atoms with Crippen LogP contribution in [0.15, 0.2) is 29.3 Å². The summed E-state index contributed by atoms with van der Waals surface area (Å²) in [6.07, 6.45) is 3.29. The Hall–Kier alpha value is -1.66. The van der Waals surface area contributed by atoms with Gasteiger partial charge in [-0.05, 0) is 42.9 Å². The van der Waals surface area contributed by atoms with Crippen LogP contribution in [0, 0.1) is 11.7 Å². The molecule has 0 saturated carbocycles. The van der Waals surface area contributed by atoms with Gasteiger partial charge in [-0.15, -0.1) is 0 Å². The van der Waals surface area contributed by atoms with Gasteiger partial charge in [0.2, 0.25) is 0 Å². The van der Waals surface area contributed by atoms with E-state index in [4.69, 9.17) is 9.47 Å². The molecule has 0 amide bonds. The molecule has 0 radical (unpaired) electrons. The third-order valence-electron chi connectivity index (χ3n) is 4.76. The van der Waals surface area contributed by atoms with Gasteiger partial charge < -0.3 is 19.7 Å².